The van der Waals surface area contributed by atoms with Crippen molar-refractivity contribution in [2.75, 3.05) is 0 Å². The minimum Gasteiger partial charge on any atom is -0.480 e. The molecule has 0 bridgehead atoms. The summed E-state index contributed by atoms with van der Waals surface area (Å²) in [5.41, 5.74) is 0.780. The Morgan fingerprint density at radius 3 is 1.65 bits per heavy atom. The first-order valence-corrected chi connectivity index (χ1v) is 12.0. The molecule has 0 aliphatic heterocycles. The van der Waals surface area contributed by atoms with Crippen molar-refractivity contribution < 1.29 is 29.0 Å². The van der Waals surface area contributed by atoms with Crippen molar-refractivity contribution in [2.24, 2.45) is 0 Å². The Morgan fingerprint density at radius 1 is 0.811 bits per heavy atom. The first-order valence-electron chi connectivity index (χ1n) is 12.0. The Balaban J connectivity index is 2.28. The van der Waals surface area contributed by atoms with Crippen LogP contribution in [0.2, 0.25) is 0 Å². The Hall–Kier alpha value is -4.14. The molecule has 0 aromatic heterocycles. The predicted molar refractivity (Wildman–Crippen MR) is 140 cm³/mol. The van der Waals surface area contributed by atoms with Crippen molar-refractivity contribution in [3.05, 3.63) is 84.4 Å². The molecule has 0 saturated carbocycles. The SMILES string of the molecule is C=CCC(NC(=O)C(Cc1ccccc1)NC(=O)C(Cc1ccccc1)NC(=O)OC(C)(C)C)C(=O)O. The Bertz CT molecular complexity index is 1070. The average molecular weight is 510 g/mol. The second-order valence-corrected chi connectivity index (χ2v) is 9.56. The van der Waals surface area contributed by atoms with Gasteiger partial charge in [-0.25, -0.2) is 9.59 Å². The zero-order chi connectivity index (χ0) is 27.4. The van der Waals surface area contributed by atoms with E-state index in [9.17, 15) is 24.3 Å². The minimum absolute atomic E-state index is 0.0178. The van der Waals surface area contributed by atoms with Gasteiger partial charge in [0.05, 0.1) is 0 Å². The Kier molecular flexibility index (Phi) is 10.9. The summed E-state index contributed by atoms with van der Waals surface area (Å²) in [5.74, 6) is -2.49. The zero-order valence-electron chi connectivity index (χ0n) is 21.4. The summed E-state index contributed by atoms with van der Waals surface area (Å²) in [4.78, 5) is 50.6. The van der Waals surface area contributed by atoms with Gasteiger partial charge in [-0.15, -0.1) is 6.58 Å². The lowest BCUT2D eigenvalue weighted by Gasteiger charge is -2.26. The van der Waals surface area contributed by atoms with Crippen LogP contribution in [0, 0.1) is 0 Å². The van der Waals surface area contributed by atoms with Gasteiger partial charge in [0, 0.05) is 12.8 Å². The maximum atomic E-state index is 13.4. The van der Waals surface area contributed by atoms with E-state index in [1.165, 1.54) is 6.08 Å². The van der Waals surface area contributed by atoms with Crippen LogP contribution in [0.15, 0.2) is 73.3 Å². The van der Waals surface area contributed by atoms with Crippen molar-refractivity contribution in [3.8, 4) is 0 Å². The number of alkyl carbamates (subject to hydrolysis) is 1. The number of aliphatic carboxylic acids is 1. The highest BCUT2D eigenvalue weighted by Crippen LogP contribution is 2.10. The van der Waals surface area contributed by atoms with Crippen molar-refractivity contribution in [1.29, 1.82) is 0 Å². The number of benzene rings is 2. The summed E-state index contributed by atoms with van der Waals surface area (Å²) in [6, 6.07) is 14.8. The average Bonchev–Trinajstić information content (AvgIpc) is 2.83. The van der Waals surface area contributed by atoms with E-state index in [0.29, 0.717) is 0 Å². The summed E-state index contributed by atoms with van der Waals surface area (Å²) in [6.45, 7) is 8.66. The van der Waals surface area contributed by atoms with E-state index in [1.807, 2.05) is 36.4 Å². The lowest BCUT2D eigenvalue weighted by atomic mass is 10.0. The van der Waals surface area contributed by atoms with Crippen molar-refractivity contribution in [2.45, 2.75) is 63.8 Å². The van der Waals surface area contributed by atoms with Crippen LogP contribution in [0.3, 0.4) is 0 Å². The summed E-state index contributed by atoms with van der Waals surface area (Å²) in [5, 5.41) is 17.2. The van der Waals surface area contributed by atoms with E-state index in [0.717, 1.165) is 11.1 Å². The smallest absolute Gasteiger partial charge is 0.408 e. The number of hydrogen-bond donors (Lipinski definition) is 4. The molecule has 3 unspecified atom stereocenters. The summed E-state index contributed by atoms with van der Waals surface area (Å²) in [6.07, 6.45) is 0.905. The number of carboxylic acid groups (broad SMARTS) is 1. The van der Waals surface area contributed by atoms with Crippen LogP contribution >= 0.6 is 0 Å². The quantitative estimate of drug-likeness (QED) is 0.325. The fourth-order valence-electron chi connectivity index (χ4n) is 3.50. The predicted octanol–water partition coefficient (Wildman–Crippen LogP) is 3.00. The standard InChI is InChI=1S/C28H35N3O6/c1-5-12-21(26(34)35)29-24(32)22(17-19-13-8-6-9-14-19)30-25(33)23(18-20-15-10-7-11-16-20)31-27(36)37-28(2,3)4/h5-11,13-16,21-23H,1,12,17-18H2,2-4H3,(H,29,32)(H,30,33)(H,31,36)(H,34,35). The number of carboxylic acids is 1. The highest BCUT2D eigenvalue weighted by atomic mass is 16.6. The molecule has 9 nitrogen and oxygen atoms in total. The summed E-state index contributed by atoms with van der Waals surface area (Å²) < 4.78 is 5.33. The molecule has 0 heterocycles. The Labute approximate surface area is 217 Å². The largest absolute Gasteiger partial charge is 0.480 e. The van der Waals surface area contributed by atoms with Gasteiger partial charge in [-0.05, 0) is 38.3 Å². The molecule has 198 valence electrons. The molecule has 9 heteroatoms. The molecule has 4 N–H and O–H groups in total. The van der Waals surface area contributed by atoms with Crippen molar-refractivity contribution >= 4 is 23.9 Å². The maximum absolute atomic E-state index is 13.4. The van der Waals surface area contributed by atoms with Crippen LogP contribution in [0.4, 0.5) is 4.79 Å². The molecular formula is C28H35N3O6. The molecule has 0 fully saturated rings. The minimum atomic E-state index is -1.22. The van der Waals surface area contributed by atoms with Gasteiger partial charge < -0.3 is 25.8 Å². The molecule has 0 aliphatic carbocycles. The highest BCUT2D eigenvalue weighted by Gasteiger charge is 2.30. The molecule has 37 heavy (non-hydrogen) atoms. The molecule has 3 atom stereocenters. The molecule has 0 radical (unpaired) electrons. The monoisotopic (exact) mass is 509 g/mol. The number of ether oxygens (including phenoxy) is 1. The number of rotatable bonds is 12. The third kappa shape index (κ3) is 10.6. The van der Waals surface area contributed by atoms with E-state index < -0.39 is 47.6 Å². The summed E-state index contributed by atoms with van der Waals surface area (Å²) in [7, 11) is 0. The lowest BCUT2D eigenvalue weighted by Crippen LogP contribution is -2.57. The van der Waals surface area contributed by atoms with Crippen LogP contribution in [0.25, 0.3) is 0 Å². The third-order valence-corrected chi connectivity index (χ3v) is 5.22. The van der Waals surface area contributed by atoms with Crippen LogP contribution in [-0.2, 0) is 32.0 Å². The van der Waals surface area contributed by atoms with Crippen LogP contribution < -0.4 is 16.0 Å². The van der Waals surface area contributed by atoms with Gasteiger partial charge in [-0.3, -0.25) is 9.59 Å². The van der Waals surface area contributed by atoms with Gasteiger partial charge in [0.2, 0.25) is 11.8 Å². The van der Waals surface area contributed by atoms with Gasteiger partial charge >= 0.3 is 12.1 Å². The van der Waals surface area contributed by atoms with Gasteiger partial charge in [0.1, 0.15) is 23.7 Å². The highest BCUT2D eigenvalue weighted by molar-refractivity contribution is 5.93. The van der Waals surface area contributed by atoms with Crippen molar-refractivity contribution in [3.63, 3.8) is 0 Å². The normalized spacial score (nSPS) is 13.4. The first kappa shape index (κ1) is 29.1. The fraction of sp³-hybridized carbons (Fsp3) is 0.357. The number of amides is 3. The second kappa shape index (κ2) is 13.8. The van der Waals surface area contributed by atoms with Crippen LogP contribution in [0.1, 0.15) is 38.3 Å². The zero-order valence-corrected chi connectivity index (χ0v) is 21.4. The molecular weight excluding hydrogens is 474 g/mol. The van der Waals surface area contributed by atoms with Crippen molar-refractivity contribution in [1.82, 2.24) is 16.0 Å². The first-order chi connectivity index (χ1) is 17.5. The van der Waals surface area contributed by atoms with E-state index in [4.69, 9.17) is 4.74 Å². The van der Waals surface area contributed by atoms with Gasteiger partial charge in [0.25, 0.3) is 0 Å². The van der Waals surface area contributed by atoms with E-state index in [1.54, 1.807) is 45.0 Å². The van der Waals surface area contributed by atoms with Gasteiger partial charge in [-0.1, -0.05) is 66.7 Å². The van der Waals surface area contributed by atoms with E-state index in [-0.39, 0.29) is 19.3 Å². The maximum Gasteiger partial charge on any atom is 0.408 e. The Morgan fingerprint density at radius 2 is 1.24 bits per heavy atom. The number of hydrogen-bond acceptors (Lipinski definition) is 5. The molecule has 2 rings (SSSR count). The van der Waals surface area contributed by atoms with Crippen LogP contribution in [-0.4, -0.2) is 52.7 Å². The second-order valence-electron chi connectivity index (χ2n) is 9.56. The topological polar surface area (TPSA) is 134 Å². The van der Waals surface area contributed by atoms with Gasteiger partial charge in [0.15, 0.2) is 0 Å². The molecule has 0 aliphatic rings. The third-order valence-electron chi connectivity index (χ3n) is 5.22. The lowest BCUT2D eigenvalue weighted by molar-refractivity contribution is -0.142. The number of carbonyl (C=O) groups excluding carboxylic acids is 3. The van der Waals surface area contributed by atoms with Crippen LogP contribution in [0.5, 0.6) is 0 Å². The molecule has 0 spiro atoms. The number of carbonyl (C=O) groups is 4. The van der Waals surface area contributed by atoms with Gasteiger partial charge in [-0.2, -0.15) is 0 Å². The van der Waals surface area contributed by atoms with E-state index in [2.05, 4.69) is 22.5 Å². The molecule has 0 saturated heterocycles. The fourth-order valence-corrected chi connectivity index (χ4v) is 3.50. The van der Waals surface area contributed by atoms with E-state index >= 15 is 0 Å². The molecule has 3 amide bonds. The molecule has 2 aromatic rings. The number of nitrogens with one attached hydrogen (secondary N) is 3. The molecule has 2 aromatic carbocycles. The summed E-state index contributed by atoms with van der Waals surface area (Å²) >= 11 is 0.